The fourth-order valence-electron chi connectivity index (χ4n) is 2.98. The number of benzene rings is 2. The first kappa shape index (κ1) is 17.5. The highest BCUT2D eigenvalue weighted by atomic mass is 32.2. The fraction of sp³-hybridized carbons (Fsp3) is 0.200. The summed E-state index contributed by atoms with van der Waals surface area (Å²) in [5.74, 6) is 0.557. The number of hydrogen-bond acceptors (Lipinski definition) is 5. The maximum atomic E-state index is 12.7. The molecule has 4 rings (SSSR count). The lowest BCUT2D eigenvalue weighted by molar-refractivity contribution is 0.722. The minimum atomic E-state index is -0.177. The number of hydrogen-bond donors (Lipinski definition) is 1. The molecule has 0 saturated carbocycles. The van der Waals surface area contributed by atoms with Crippen molar-refractivity contribution in [3.63, 3.8) is 0 Å². The Kier molecular flexibility index (Phi) is 4.31. The zero-order valence-electron chi connectivity index (χ0n) is 15.2. The van der Waals surface area contributed by atoms with Crippen LogP contribution in [0.1, 0.15) is 23.6 Å². The lowest BCUT2D eigenvalue weighted by atomic mass is 10.2. The molecule has 2 aromatic heterocycles. The van der Waals surface area contributed by atoms with Crippen molar-refractivity contribution >= 4 is 33.6 Å². The van der Waals surface area contributed by atoms with E-state index in [1.54, 1.807) is 17.7 Å². The molecule has 0 aliphatic carbocycles. The number of aryl methyl sites for hydroxylation is 1. The second-order valence-electron chi connectivity index (χ2n) is 6.51. The van der Waals surface area contributed by atoms with Crippen molar-refractivity contribution in [2.24, 2.45) is 7.05 Å². The monoisotopic (exact) mass is 378 g/mol. The van der Waals surface area contributed by atoms with Crippen molar-refractivity contribution in [3.05, 3.63) is 74.6 Å². The van der Waals surface area contributed by atoms with Gasteiger partial charge in [0.25, 0.3) is 11.1 Å². The van der Waals surface area contributed by atoms with Crippen LogP contribution in [0.5, 0.6) is 0 Å². The average molecular weight is 378 g/mol. The third-order valence-electron chi connectivity index (χ3n) is 4.49. The number of H-pyrrole nitrogens is 1. The standard InChI is InChI=1S/C20H18N4O2S/c1-11-8-9-16-14(10-11)19(26)24(3)20(22-16)27-12(2)17-21-15-7-5-4-6-13(15)18(25)23-17/h4-10,12H,1-3H3,(H,21,23,25). The summed E-state index contributed by atoms with van der Waals surface area (Å²) < 4.78 is 1.54. The Labute approximate surface area is 159 Å². The topological polar surface area (TPSA) is 80.6 Å². The number of thioether (sulfide) groups is 1. The Balaban J connectivity index is 1.76. The summed E-state index contributed by atoms with van der Waals surface area (Å²) >= 11 is 1.39. The normalized spacial score (nSPS) is 12.6. The second-order valence-corrected chi connectivity index (χ2v) is 7.82. The van der Waals surface area contributed by atoms with Gasteiger partial charge in [-0.15, -0.1) is 0 Å². The molecule has 0 amide bonds. The molecule has 0 aliphatic heterocycles. The van der Waals surface area contributed by atoms with Crippen molar-refractivity contribution in [2.75, 3.05) is 0 Å². The van der Waals surface area contributed by atoms with E-state index in [1.807, 2.05) is 50.2 Å². The van der Waals surface area contributed by atoms with E-state index < -0.39 is 0 Å². The summed E-state index contributed by atoms with van der Waals surface area (Å²) in [7, 11) is 1.71. The molecule has 0 radical (unpaired) electrons. The fourth-order valence-corrected chi connectivity index (χ4v) is 3.91. The van der Waals surface area contributed by atoms with Gasteiger partial charge in [-0.25, -0.2) is 9.97 Å². The molecule has 4 aromatic rings. The van der Waals surface area contributed by atoms with Gasteiger partial charge in [0.2, 0.25) is 0 Å². The van der Waals surface area contributed by atoms with Gasteiger partial charge < -0.3 is 4.98 Å². The molecule has 2 aromatic carbocycles. The molecule has 136 valence electrons. The van der Waals surface area contributed by atoms with E-state index >= 15 is 0 Å². The molecule has 27 heavy (non-hydrogen) atoms. The molecular formula is C20H18N4O2S. The molecule has 1 atom stereocenters. The first-order chi connectivity index (χ1) is 12.9. The summed E-state index contributed by atoms with van der Waals surface area (Å²) in [6.07, 6.45) is 0. The van der Waals surface area contributed by atoms with Crippen LogP contribution in [0.15, 0.2) is 57.2 Å². The highest BCUT2D eigenvalue weighted by Crippen LogP contribution is 2.31. The number of para-hydroxylation sites is 1. The largest absolute Gasteiger partial charge is 0.309 e. The number of nitrogens with one attached hydrogen (secondary N) is 1. The Morgan fingerprint density at radius 1 is 1.04 bits per heavy atom. The molecule has 2 heterocycles. The highest BCUT2D eigenvalue weighted by molar-refractivity contribution is 7.99. The summed E-state index contributed by atoms with van der Waals surface area (Å²) in [5.41, 5.74) is 2.09. The van der Waals surface area contributed by atoms with Gasteiger partial charge in [-0.1, -0.05) is 35.5 Å². The van der Waals surface area contributed by atoms with Gasteiger partial charge in [0.15, 0.2) is 5.16 Å². The zero-order valence-corrected chi connectivity index (χ0v) is 16.0. The summed E-state index contributed by atoms with van der Waals surface area (Å²) in [6, 6.07) is 12.9. The second kappa shape index (κ2) is 6.66. The van der Waals surface area contributed by atoms with Crippen LogP contribution in [-0.4, -0.2) is 19.5 Å². The maximum absolute atomic E-state index is 12.7. The predicted molar refractivity (Wildman–Crippen MR) is 108 cm³/mol. The van der Waals surface area contributed by atoms with E-state index in [1.165, 1.54) is 11.8 Å². The van der Waals surface area contributed by atoms with E-state index in [4.69, 9.17) is 0 Å². The van der Waals surface area contributed by atoms with Crippen LogP contribution in [0.3, 0.4) is 0 Å². The van der Waals surface area contributed by atoms with E-state index in [2.05, 4.69) is 15.0 Å². The minimum absolute atomic E-state index is 0.0848. The maximum Gasteiger partial charge on any atom is 0.261 e. The zero-order chi connectivity index (χ0) is 19.1. The third-order valence-corrected chi connectivity index (χ3v) is 5.64. The number of aromatic amines is 1. The Morgan fingerprint density at radius 2 is 1.78 bits per heavy atom. The van der Waals surface area contributed by atoms with Crippen LogP contribution in [0, 0.1) is 6.92 Å². The molecule has 0 bridgehead atoms. The lowest BCUT2D eigenvalue weighted by Crippen LogP contribution is -2.20. The number of fused-ring (bicyclic) bond motifs is 2. The molecule has 1 unspecified atom stereocenters. The van der Waals surface area contributed by atoms with Gasteiger partial charge >= 0.3 is 0 Å². The first-order valence-electron chi connectivity index (χ1n) is 8.57. The Hall–Kier alpha value is -2.93. The van der Waals surface area contributed by atoms with Gasteiger partial charge in [-0.3, -0.25) is 14.2 Å². The van der Waals surface area contributed by atoms with Crippen molar-refractivity contribution in [1.82, 2.24) is 19.5 Å². The van der Waals surface area contributed by atoms with Gasteiger partial charge in [-0.2, -0.15) is 0 Å². The van der Waals surface area contributed by atoms with E-state index in [-0.39, 0.29) is 16.4 Å². The Bertz CT molecular complexity index is 1290. The quantitative estimate of drug-likeness (QED) is 0.437. The predicted octanol–water partition coefficient (Wildman–Crippen LogP) is 3.33. The van der Waals surface area contributed by atoms with Crippen LogP contribution < -0.4 is 11.1 Å². The van der Waals surface area contributed by atoms with E-state index in [0.717, 1.165) is 5.56 Å². The molecule has 0 saturated heterocycles. The molecular weight excluding hydrogens is 360 g/mol. The molecule has 7 heteroatoms. The van der Waals surface area contributed by atoms with Crippen LogP contribution in [0.25, 0.3) is 21.8 Å². The Morgan fingerprint density at radius 3 is 2.59 bits per heavy atom. The lowest BCUT2D eigenvalue weighted by Gasteiger charge is -2.14. The van der Waals surface area contributed by atoms with Crippen molar-refractivity contribution < 1.29 is 0 Å². The van der Waals surface area contributed by atoms with Crippen molar-refractivity contribution in [2.45, 2.75) is 24.3 Å². The molecule has 6 nitrogen and oxygen atoms in total. The third kappa shape index (κ3) is 3.14. The van der Waals surface area contributed by atoms with Gasteiger partial charge in [0, 0.05) is 7.05 Å². The first-order valence-corrected chi connectivity index (χ1v) is 9.45. The van der Waals surface area contributed by atoms with Gasteiger partial charge in [0.05, 0.1) is 27.1 Å². The number of nitrogens with zero attached hydrogens (tertiary/aromatic N) is 3. The van der Waals surface area contributed by atoms with Crippen molar-refractivity contribution in [3.8, 4) is 0 Å². The molecule has 1 N–H and O–H groups in total. The molecule has 0 spiro atoms. The number of aromatic nitrogens is 4. The van der Waals surface area contributed by atoms with Gasteiger partial charge in [0.1, 0.15) is 5.82 Å². The van der Waals surface area contributed by atoms with E-state index in [9.17, 15) is 9.59 Å². The smallest absolute Gasteiger partial charge is 0.261 e. The summed E-state index contributed by atoms with van der Waals surface area (Å²) in [6.45, 7) is 3.88. The summed E-state index contributed by atoms with van der Waals surface area (Å²) in [4.78, 5) is 37.0. The SMILES string of the molecule is Cc1ccc2nc(SC(C)c3nc4ccccc4c(=O)[nH]3)n(C)c(=O)c2c1. The summed E-state index contributed by atoms with van der Waals surface area (Å²) in [5, 5.41) is 1.57. The van der Waals surface area contributed by atoms with E-state index in [0.29, 0.717) is 32.8 Å². The van der Waals surface area contributed by atoms with Crippen LogP contribution in [0.4, 0.5) is 0 Å². The molecule has 0 fully saturated rings. The number of rotatable bonds is 3. The van der Waals surface area contributed by atoms with Gasteiger partial charge in [-0.05, 0) is 38.1 Å². The highest BCUT2D eigenvalue weighted by Gasteiger charge is 2.16. The molecule has 0 aliphatic rings. The van der Waals surface area contributed by atoms with Crippen molar-refractivity contribution in [1.29, 1.82) is 0 Å². The van der Waals surface area contributed by atoms with Crippen LogP contribution in [0.2, 0.25) is 0 Å². The minimum Gasteiger partial charge on any atom is -0.309 e. The average Bonchev–Trinajstić information content (AvgIpc) is 2.66. The van der Waals surface area contributed by atoms with Crippen LogP contribution >= 0.6 is 11.8 Å². The van der Waals surface area contributed by atoms with Crippen LogP contribution in [-0.2, 0) is 7.05 Å².